The fourth-order valence-corrected chi connectivity index (χ4v) is 4.90. The van der Waals surface area contributed by atoms with E-state index >= 15 is 0 Å². The molecule has 1 N–H and O–H groups in total. The van der Waals surface area contributed by atoms with E-state index in [4.69, 9.17) is 14.5 Å². The average molecular weight is 631 g/mol. The van der Waals surface area contributed by atoms with Crippen LogP contribution in [-0.2, 0) is 31.2 Å². The molecule has 0 unspecified atom stereocenters. The van der Waals surface area contributed by atoms with E-state index in [1.165, 1.54) is 11.1 Å². The van der Waals surface area contributed by atoms with E-state index in [1.54, 1.807) is 18.2 Å². The quantitative estimate of drug-likeness (QED) is 0.278. The number of rotatable bonds is 3. The molecular formula is C28H23N2O3Pt-. The SMILES string of the molecule is CC1(C)C[C@@H]2OC(c3[c-]c(Oc4ccc5cccc(O)c5n4)ccc3)=N[C@H]2c2ccccc21.[Pt]. The maximum atomic E-state index is 10.1. The van der Waals surface area contributed by atoms with Gasteiger partial charge in [0.25, 0.3) is 0 Å². The molecule has 0 fully saturated rings. The summed E-state index contributed by atoms with van der Waals surface area (Å²) in [5, 5.41) is 10.9. The van der Waals surface area contributed by atoms with Crippen LogP contribution >= 0.6 is 0 Å². The number of benzene rings is 3. The molecule has 1 aliphatic carbocycles. The Kier molecular flexibility index (Phi) is 5.69. The van der Waals surface area contributed by atoms with Gasteiger partial charge in [-0.25, -0.2) is 4.98 Å². The Bertz CT molecular complexity index is 1420. The van der Waals surface area contributed by atoms with Gasteiger partial charge in [0, 0.05) is 38.3 Å². The first-order valence-electron chi connectivity index (χ1n) is 11.1. The van der Waals surface area contributed by atoms with E-state index in [9.17, 15) is 5.11 Å². The monoisotopic (exact) mass is 630 g/mol. The van der Waals surface area contributed by atoms with Gasteiger partial charge in [0.05, 0.1) is 0 Å². The molecule has 5 nitrogen and oxygen atoms in total. The number of pyridine rings is 1. The average Bonchev–Trinajstić information content (AvgIpc) is 3.23. The number of phenolic OH excluding ortho intramolecular Hbond substituents is 1. The Balaban J connectivity index is 0.00000241. The van der Waals surface area contributed by atoms with Gasteiger partial charge in [0.1, 0.15) is 29.3 Å². The van der Waals surface area contributed by atoms with Crippen LogP contribution in [0.1, 0.15) is 43.0 Å². The smallest absolute Gasteiger partial charge is 0.217 e. The maximum Gasteiger partial charge on any atom is 0.217 e. The summed E-state index contributed by atoms with van der Waals surface area (Å²) >= 11 is 0. The number of phenols is 1. The molecule has 0 saturated heterocycles. The molecule has 34 heavy (non-hydrogen) atoms. The number of aromatic nitrogens is 1. The van der Waals surface area contributed by atoms with Crippen molar-refractivity contribution in [2.24, 2.45) is 4.99 Å². The number of hydrogen-bond acceptors (Lipinski definition) is 5. The first-order chi connectivity index (χ1) is 16.0. The molecule has 6 rings (SSSR count). The van der Waals surface area contributed by atoms with Crippen LogP contribution < -0.4 is 4.74 Å². The number of aromatic hydroxyl groups is 1. The second kappa shape index (κ2) is 8.56. The predicted molar refractivity (Wildman–Crippen MR) is 127 cm³/mol. The Labute approximate surface area is 212 Å². The molecule has 3 aromatic carbocycles. The zero-order valence-corrected chi connectivity index (χ0v) is 21.0. The minimum atomic E-state index is -0.00710. The molecular weight excluding hydrogens is 607 g/mol. The summed E-state index contributed by atoms with van der Waals surface area (Å²) in [6.45, 7) is 4.52. The van der Waals surface area contributed by atoms with Gasteiger partial charge in [0.2, 0.25) is 5.88 Å². The third-order valence-electron chi connectivity index (χ3n) is 6.48. The van der Waals surface area contributed by atoms with Gasteiger partial charge in [-0.1, -0.05) is 61.9 Å². The van der Waals surface area contributed by atoms with Crippen LogP contribution in [0, 0.1) is 6.07 Å². The van der Waals surface area contributed by atoms with E-state index in [-0.39, 0.29) is 44.4 Å². The van der Waals surface area contributed by atoms with Crippen molar-refractivity contribution in [2.45, 2.75) is 37.8 Å². The minimum absolute atomic E-state index is 0. The van der Waals surface area contributed by atoms with E-state index in [0.29, 0.717) is 23.0 Å². The molecule has 2 heterocycles. The van der Waals surface area contributed by atoms with Crippen molar-refractivity contribution < 1.29 is 35.6 Å². The van der Waals surface area contributed by atoms with Gasteiger partial charge in [-0.05, 0) is 35.1 Å². The van der Waals surface area contributed by atoms with E-state index in [1.807, 2.05) is 30.3 Å². The topological polar surface area (TPSA) is 63.9 Å². The van der Waals surface area contributed by atoms with Crippen LogP contribution in [0.25, 0.3) is 10.9 Å². The minimum Gasteiger partial charge on any atom is -0.514 e. The normalized spacial score (nSPS) is 19.9. The first-order valence-corrected chi connectivity index (χ1v) is 11.1. The zero-order valence-electron chi connectivity index (χ0n) is 18.8. The summed E-state index contributed by atoms with van der Waals surface area (Å²) in [6, 6.07) is 26.4. The summed E-state index contributed by atoms with van der Waals surface area (Å²) in [4.78, 5) is 9.39. The van der Waals surface area contributed by atoms with E-state index in [0.717, 1.165) is 17.4 Å². The van der Waals surface area contributed by atoms with Gasteiger partial charge in [-0.2, -0.15) is 0 Å². The summed E-state index contributed by atoms with van der Waals surface area (Å²) < 4.78 is 12.3. The predicted octanol–water partition coefficient (Wildman–Crippen LogP) is 6.10. The molecule has 0 spiro atoms. The van der Waals surface area contributed by atoms with E-state index < -0.39 is 0 Å². The molecule has 4 aromatic rings. The molecule has 0 bridgehead atoms. The summed E-state index contributed by atoms with van der Waals surface area (Å²) in [7, 11) is 0. The Hall–Kier alpha value is -3.17. The summed E-state index contributed by atoms with van der Waals surface area (Å²) in [5.41, 5.74) is 3.86. The molecule has 1 aliphatic heterocycles. The molecule has 0 radical (unpaired) electrons. The standard InChI is InChI=1S/C28H23N2O3.Pt/c1-28(2)16-23-26(20-10-3-4-11-21(20)28)30-27(33-23)18-8-5-9-19(15-18)32-24-14-13-17-7-6-12-22(31)25(17)29-24;/h3-14,23,26,31H,16H2,1-2H3;/q-1;/t23-,26-;/m0./s1. The van der Waals surface area contributed by atoms with Crippen molar-refractivity contribution >= 4 is 16.8 Å². The molecule has 2 aliphatic rings. The summed E-state index contributed by atoms with van der Waals surface area (Å²) in [6.07, 6.45) is 0.913. The van der Waals surface area contributed by atoms with Gasteiger partial charge in [-0.3, -0.25) is 4.99 Å². The number of nitrogens with zero attached hydrogens (tertiary/aromatic N) is 2. The van der Waals surface area contributed by atoms with Crippen molar-refractivity contribution in [3.8, 4) is 17.4 Å². The molecule has 174 valence electrons. The molecule has 0 saturated carbocycles. The third-order valence-corrected chi connectivity index (χ3v) is 6.48. The number of para-hydroxylation sites is 1. The van der Waals surface area contributed by atoms with Crippen LogP contribution in [0.5, 0.6) is 17.4 Å². The molecule has 2 atom stereocenters. The Morgan fingerprint density at radius 3 is 2.71 bits per heavy atom. The third kappa shape index (κ3) is 3.88. The molecule has 1 aromatic heterocycles. The van der Waals surface area contributed by atoms with Crippen molar-refractivity contribution in [1.82, 2.24) is 4.98 Å². The zero-order chi connectivity index (χ0) is 22.6. The molecule has 6 heteroatoms. The van der Waals surface area contributed by atoms with Gasteiger partial charge in [-0.15, -0.1) is 18.2 Å². The number of hydrogen-bond donors (Lipinski definition) is 1. The number of ether oxygens (including phenoxy) is 2. The first kappa shape index (κ1) is 22.6. The number of fused-ring (bicyclic) bond motifs is 4. The van der Waals surface area contributed by atoms with Gasteiger partial charge < -0.3 is 14.6 Å². The Morgan fingerprint density at radius 2 is 1.82 bits per heavy atom. The second-order valence-corrected chi connectivity index (χ2v) is 9.24. The summed E-state index contributed by atoms with van der Waals surface area (Å²) in [5.74, 6) is 1.61. The fourth-order valence-electron chi connectivity index (χ4n) is 4.90. The van der Waals surface area contributed by atoms with Crippen molar-refractivity contribution in [3.63, 3.8) is 0 Å². The Morgan fingerprint density at radius 1 is 1.00 bits per heavy atom. The van der Waals surface area contributed by atoms with Crippen LogP contribution in [0.15, 0.2) is 77.8 Å². The number of aliphatic imine (C=N–C) groups is 1. The second-order valence-electron chi connectivity index (χ2n) is 9.24. The molecule has 0 amide bonds. The van der Waals surface area contributed by atoms with Crippen LogP contribution in [-0.4, -0.2) is 22.1 Å². The van der Waals surface area contributed by atoms with Gasteiger partial charge >= 0.3 is 0 Å². The maximum absolute atomic E-state index is 10.1. The van der Waals surface area contributed by atoms with E-state index in [2.05, 4.69) is 49.2 Å². The fraction of sp³-hybridized carbons (Fsp3) is 0.214. The largest absolute Gasteiger partial charge is 0.514 e. The van der Waals surface area contributed by atoms with Crippen LogP contribution in [0.3, 0.4) is 0 Å². The van der Waals surface area contributed by atoms with Gasteiger partial charge in [0.15, 0.2) is 0 Å². The van der Waals surface area contributed by atoms with Crippen LogP contribution in [0.2, 0.25) is 0 Å². The van der Waals surface area contributed by atoms with Crippen LogP contribution in [0.4, 0.5) is 0 Å². The van der Waals surface area contributed by atoms with Crippen molar-refractivity contribution in [1.29, 1.82) is 0 Å². The van der Waals surface area contributed by atoms with Crippen molar-refractivity contribution in [3.05, 3.63) is 95.6 Å². The van der Waals surface area contributed by atoms with Crippen molar-refractivity contribution in [2.75, 3.05) is 0 Å².